The second kappa shape index (κ2) is 4.74. The molecule has 92 valence electrons. The molecule has 0 spiro atoms. The average molecular weight is 226 g/mol. The van der Waals surface area contributed by atoms with E-state index in [-0.39, 0.29) is 11.6 Å². The van der Waals surface area contributed by atoms with Gasteiger partial charge < -0.3 is 9.47 Å². The lowest BCUT2D eigenvalue weighted by atomic mass is 9.87. The highest BCUT2D eigenvalue weighted by Gasteiger charge is 2.64. The van der Waals surface area contributed by atoms with Gasteiger partial charge in [-0.05, 0) is 19.3 Å². The summed E-state index contributed by atoms with van der Waals surface area (Å²) < 4.78 is 10.6. The van der Waals surface area contributed by atoms with Crippen LogP contribution in [0.15, 0.2) is 0 Å². The molecule has 2 aliphatic rings. The highest BCUT2D eigenvalue weighted by Crippen LogP contribution is 2.57. The van der Waals surface area contributed by atoms with Crippen molar-refractivity contribution in [2.24, 2.45) is 5.92 Å². The van der Waals surface area contributed by atoms with Crippen molar-refractivity contribution in [1.82, 2.24) is 0 Å². The van der Waals surface area contributed by atoms with Crippen LogP contribution >= 0.6 is 0 Å². The molecule has 0 bridgehead atoms. The molecule has 1 saturated heterocycles. The molecule has 3 atom stereocenters. The van der Waals surface area contributed by atoms with Crippen molar-refractivity contribution in [2.45, 2.75) is 63.6 Å². The fourth-order valence-electron chi connectivity index (χ4n) is 3.12. The Hall–Kier alpha value is -0.570. The molecule has 0 radical (unpaired) electrons. The van der Waals surface area contributed by atoms with E-state index in [0.717, 1.165) is 19.3 Å². The third-order valence-corrected chi connectivity index (χ3v) is 4.13. The van der Waals surface area contributed by atoms with Gasteiger partial charge in [-0.1, -0.05) is 26.2 Å². The lowest BCUT2D eigenvalue weighted by Gasteiger charge is -2.19. The van der Waals surface area contributed by atoms with Crippen molar-refractivity contribution in [2.75, 3.05) is 7.11 Å². The zero-order valence-corrected chi connectivity index (χ0v) is 10.3. The number of methoxy groups -OCH3 is 1. The van der Waals surface area contributed by atoms with Crippen LogP contribution in [0.1, 0.15) is 51.9 Å². The van der Waals surface area contributed by atoms with E-state index in [4.69, 9.17) is 9.47 Å². The lowest BCUT2D eigenvalue weighted by molar-refractivity contribution is -0.142. The Kier molecular flexibility index (Phi) is 3.53. The van der Waals surface area contributed by atoms with Crippen LogP contribution in [0.3, 0.4) is 0 Å². The minimum absolute atomic E-state index is 0.0589. The van der Waals surface area contributed by atoms with Crippen LogP contribution in [0, 0.1) is 5.92 Å². The molecule has 0 amide bonds. The summed E-state index contributed by atoms with van der Waals surface area (Å²) in [7, 11) is 1.46. The van der Waals surface area contributed by atoms with Crippen molar-refractivity contribution in [3.63, 3.8) is 0 Å². The van der Waals surface area contributed by atoms with E-state index in [2.05, 4.69) is 6.92 Å². The van der Waals surface area contributed by atoms with E-state index in [1.807, 2.05) is 0 Å². The minimum atomic E-state index is -0.0870. The Morgan fingerprint density at radius 3 is 2.88 bits per heavy atom. The van der Waals surface area contributed by atoms with Gasteiger partial charge in [0.25, 0.3) is 0 Å². The maximum Gasteiger partial charge on any atom is 0.305 e. The standard InChI is InChI=1S/C13H22O3/c1-3-4-5-8-13-10(9-12(14)15-2)6-7-11(13)16-13/h10-11H,3-9H2,1-2H3/t10-,11?,13-/m1/s1. The van der Waals surface area contributed by atoms with Gasteiger partial charge in [0.2, 0.25) is 0 Å². The van der Waals surface area contributed by atoms with Crippen molar-refractivity contribution in [1.29, 1.82) is 0 Å². The van der Waals surface area contributed by atoms with Crippen LogP contribution in [0.5, 0.6) is 0 Å². The summed E-state index contributed by atoms with van der Waals surface area (Å²) in [5.41, 5.74) is 0.0589. The molecule has 2 rings (SSSR count). The molecule has 0 aromatic heterocycles. The van der Waals surface area contributed by atoms with Crippen molar-refractivity contribution in [3.05, 3.63) is 0 Å². The van der Waals surface area contributed by atoms with E-state index < -0.39 is 0 Å². The molecule has 2 fully saturated rings. The molecule has 1 aliphatic carbocycles. The summed E-state index contributed by atoms with van der Waals surface area (Å²) in [5.74, 6) is 0.317. The van der Waals surface area contributed by atoms with Crippen LogP contribution in [0.2, 0.25) is 0 Å². The zero-order valence-electron chi connectivity index (χ0n) is 10.3. The van der Waals surface area contributed by atoms with Gasteiger partial charge in [-0.25, -0.2) is 0 Å². The molecule has 0 N–H and O–H groups in total. The number of rotatable bonds is 6. The topological polar surface area (TPSA) is 38.8 Å². The number of esters is 1. The van der Waals surface area contributed by atoms with E-state index in [0.29, 0.717) is 18.4 Å². The van der Waals surface area contributed by atoms with Crippen molar-refractivity contribution < 1.29 is 14.3 Å². The van der Waals surface area contributed by atoms with E-state index in [1.165, 1.54) is 26.4 Å². The van der Waals surface area contributed by atoms with Gasteiger partial charge in [-0.2, -0.15) is 0 Å². The minimum Gasteiger partial charge on any atom is -0.469 e. The quantitative estimate of drug-likeness (QED) is 0.397. The van der Waals surface area contributed by atoms with Crippen molar-refractivity contribution >= 4 is 5.97 Å². The summed E-state index contributed by atoms with van der Waals surface area (Å²) in [4.78, 5) is 11.3. The molecule has 16 heavy (non-hydrogen) atoms. The van der Waals surface area contributed by atoms with Gasteiger partial charge in [-0.3, -0.25) is 4.79 Å². The number of epoxide rings is 1. The number of ether oxygens (including phenoxy) is 2. The summed E-state index contributed by atoms with van der Waals surface area (Å²) in [6, 6.07) is 0. The monoisotopic (exact) mass is 226 g/mol. The largest absolute Gasteiger partial charge is 0.469 e. The predicted octanol–water partition coefficient (Wildman–Crippen LogP) is 2.68. The summed E-state index contributed by atoms with van der Waals surface area (Å²) >= 11 is 0. The molecular formula is C13H22O3. The first-order valence-electron chi connectivity index (χ1n) is 6.47. The predicted molar refractivity (Wildman–Crippen MR) is 61.1 cm³/mol. The fraction of sp³-hybridized carbons (Fsp3) is 0.923. The van der Waals surface area contributed by atoms with E-state index >= 15 is 0 Å². The smallest absolute Gasteiger partial charge is 0.305 e. The molecule has 1 heterocycles. The third-order valence-electron chi connectivity index (χ3n) is 4.13. The molecule has 3 nitrogen and oxygen atoms in total. The van der Waals surface area contributed by atoms with Crippen LogP contribution in [-0.4, -0.2) is 24.8 Å². The summed E-state index contributed by atoms with van der Waals surface area (Å²) in [6.07, 6.45) is 8.11. The first-order valence-corrected chi connectivity index (χ1v) is 6.47. The van der Waals surface area contributed by atoms with Gasteiger partial charge in [0.1, 0.15) is 0 Å². The highest BCUT2D eigenvalue weighted by atomic mass is 16.6. The van der Waals surface area contributed by atoms with Gasteiger partial charge in [0, 0.05) is 5.92 Å². The number of carbonyl (C=O) groups excluding carboxylic acids is 1. The first kappa shape index (κ1) is 11.9. The fourth-order valence-corrected chi connectivity index (χ4v) is 3.12. The number of carbonyl (C=O) groups is 1. The Morgan fingerprint density at radius 1 is 1.44 bits per heavy atom. The number of unbranched alkanes of at least 4 members (excludes halogenated alkanes) is 2. The second-order valence-corrected chi connectivity index (χ2v) is 5.07. The Morgan fingerprint density at radius 2 is 2.25 bits per heavy atom. The molecule has 0 aromatic carbocycles. The summed E-state index contributed by atoms with van der Waals surface area (Å²) in [6.45, 7) is 2.21. The molecule has 1 unspecified atom stereocenters. The van der Waals surface area contributed by atoms with E-state index in [1.54, 1.807) is 0 Å². The van der Waals surface area contributed by atoms with E-state index in [9.17, 15) is 4.79 Å². The van der Waals surface area contributed by atoms with Gasteiger partial charge in [0.15, 0.2) is 0 Å². The highest BCUT2D eigenvalue weighted by molar-refractivity contribution is 5.69. The number of hydrogen-bond acceptors (Lipinski definition) is 3. The summed E-state index contributed by atoms with van der Waals surface area (Å²) in [5, 5.41) is 0. The molecular weight excluding hydrogens is 204 g/mol. The first-order chi connectivity index (χ1) is 7.73. The molecule has 1 saturated carbocycles. The molecule has 0 aromatic rings. The van der Waals surface area contributed by atoms with Crippen molar-refractivity contribution in [3.8, 4) is 0 Å². The maximum absolute atomic E-state index is 11.3. The number of fused-ring (bicyclic) bond motifs is 1. The SMILES string of the molecule is CCCCC[C@]12OC1CC[C@@H]2CC(=O)OC. The Balaban J connectivity index is 1.86. The average Bonchev–Trinajstić information content (AvgIpc) is 2.91. The molecule has 1 aliphatic heterocycles. The lowest BCUT2D eigenvalue weighted by Crippen LogP contribution is -2.25. The molecule has 3 heteroatoms. The normalized spacial score (nSPS) is 35.9. The number of hydrogen-bond donors (Lipinski definition) is 0. The zero-order chi connectivity index (χ0) is 11.6. The second-order valence-electron chi connectivity index (χ2n) is 5.07. The van der Waals surface area contributed by atoms with Crippen LogP contribution < -0.4 is 0 Å². The maximum atomic E-state index is 11.3. The third kappa shape index (κ3) is 2.10. The van der Waals surface area contributed by atoms with Crippen LogP contribution in [0.4, 0.5) is 0 Å². The van der Waals surface area contributed by atoms with Gasteiger partial charge in [-0.15, -0.1) is 0 Å². The van der Waals surface area contributed by atoms with Crippen LogP contribution in [0.25, 0.3) is 0 Å². The van der Waals surface area contributed by atoms with Gasteiger partial charge in [0.05, 0.1) is 25.2 Å². The van der Waals surface area contributed by atoms with Crippen LogP contribution in [-0.2, 0) is 14.3 Å². The van der Waals surface area contributed by atoms with Gasteiger partial charge >= 0.3 is 5.97 Å². The Labute approximate surface area is 97.5 Å². The Bertz CT molecular complexity index is 264.